The second kappa shape index (κ2) is 6.37. The maximum absolute atomic E-state index is 12.7. The fraction of sp³-hybridized carbons (Fsp3) is 0.562. The fourth-order valence-electron chi connectivity index (χ4n) is 2.58. The number of nitrogens with one attached hydrogen (secondary N) is 1. The maximum Gasteiger partial charge on any atom is 0.232 e. The molecule has 2 rings (SSSR count). The van der Waals surface area contributed by atoms with Crippen LogP contribution in [0.1, 0.15) is 19.4 Å². The first kappa shape index (κ1) is 15.0. The van der Waals surface area contributed by atoms with E-state index in [1.165, 1.54) is 0 Å². The molecular weight excluding hydrogens is 252 g/mol. The van der Waals surface area contributed by atoms with E-state index < -0.39 is 5.41 Å². The molecule has 1 aromatic rings. The maximum atomic E-state index is 12.7. The molecule has 0 spiro atoms. The lowest BCUT2D eigenvalue weighted by molar-refractivity contribution is -0.137. The summed E-state index contributed by atoms with van der Waals surface area (Å²) >= 11 is 0. The molecule has 1 saturated heterocycles. The predicted molar refractivity (Wildman–Crippen MR) is 79.7 cm³/mol. The Hall–Kier alpha value is -1.39. The molecule has 1 amide bonds. The normalized spacial score (nSPS) is 19.6. The van der Waals surface area contributed by atoms with Crippen LogP contribution in [-0.4, -0.2) is 50.2 Å². The summed E-state index contributed by atoms with van der Waals surface area (Å²) in [5, 5.41) is 3.29. The van der Waals surface area contributed by atoms with Crippen LogP contribution in [0, 0.1) is 0 Å². The lowest BCUT2D eigenvalue weighted by atomic mass is 9.83. The number of carbonyl (C=O) groups is 1. The van der Waals surface area contributed by atoms with Gasteiger partial charge in [0, 0.05) is 26.7 Å². The van der Waals surface area contributed by atoms with Gasteiger partial charge in [0.05, 0.1) is 18.1 Å². The molecule has 1 unspecified atom stereocenters. The Labute approximate surface area is 121 Å². The first-order chi connectivity index (χ1) is 9.51. The molecule has 1 aromatic carbocycles. The predicted octanol–water partition coefficient (Wildman–Crippen LogP) is 1.41. The van der Waals surface area contributed by atoms with Gasteiger partial charge in [0.25, 0.3) is 0 Å². The number of benzene rings is 1. The van der Waals surface area contributed by atoms with Gasteiger partial charge in [-0.05, 0) is 19.4 Å². The highest BCUT2D eigenvalue weighted by molar-refractivity contribution is 5.87. The topological polar surface area (TPSA) is 41.6 Å². The van der Waals surface area contributed by atoms with E-state index in [1.54, 1.807) is 4.90 Å². The van der Waals surface area contributed by atoms with Gasteiger partial charge in [-0.3, -0.25) is 4.79 Å². The lowest BCUT2D eigenvalue weighted by Gasteiger charge is -2.33. The second-order valence-corrected chi connectivity index (χ2v) is 5.87. The van der Waals surface area contributed by atoms with E-state index in [0.29, 0.717) is 6.54 Å². The van der Waals surface area contributed by atoms with Crippen LogP contribution in [0.15, 0.2) is 30.3 Å². The summed E-state index contributed by atoms with van der Waals surface area (Å²) in [6.07, 6.45) is 0.0873. The van der Waals surface area contributed by atoms with Gasteiger partial charge < -0.3 is 15.0 Å². The van der Waals surface area contributed by atoms with Crippen molar-refractivity contribution in [3.63, 3.8) is 0 Å². The Bertz CT molecular complexity index is 439. The monoisotopic (exact) mass is 276 g/mol. The molecule has 0 aliphatic carbocycles. The highest BCUT2D eigenvalue weighted by Crippen LogP contribution is 2.25. The van der Waals surface area contributed by atoms with Gasteiger partial charge in [-0.2, -0.15) is 0 Å². The molecule has 0 aromatic heterocycles. The highest BCUT2D eigenvalue weighted by Gasteiger charge is 2.33. The number of nitrogens with zero attached hydrogens (tertiary/aromatic N) is 1. The van der Waals surface area contributed by atoms with Crippen molar-refractivity contribution in [1.29, 1.82) is 0 Å². The smallest absolute Gasteiger partial charge is 0.232 e. The van der Waals surface area contributed by atoms with Crippen LogP contribution in [0.3, 0.4) is 0 Å². The van der Waals surface area contributed by atoms with Crippen molar-refractivity contribution >= 4 is 5.91 Å². The molecule has 1 aliphatic heterocycles. The number of carbonyl (C=O) groups excluding carboxylic acids is 1. The van der Waals surface area contributed by atoms with E-state index in [1.807, 2.05) is 51.2 Å². The number of likely N-dealkylation sites (N-methyl/N-ethyl adjacent to an activating group) is 1. The highest BCUT2D eigenvalue weighted by atomic mass is 16.5. The molecule has 0 saturated carbocycles. The van der Waals surface area contributed by atoms with E-state index >= 15 is 0 Å². The molecule has 1 aliphatic rings. The fourth-order valence-corrected chi connectivity index (χ4v) is 2.58. The quantitative estimate of drug-likeness (QED) is 0.904. The van der Waals surface area contributed by atoms with Crippen molar-refractivity contribution in [3.8, 4) is 0 Å². The van der Waals surface area contributed by atoms with Gasteiger partial charge >= 0.3 is 0 Å². The average molecular weight is 276 g/mol. The molecule has 4 nitrogen and oxygen atoms in total. The average Bonchev–Trinajstić information content (AvgIpc) is 2.48. The Morgan fingerprint density at radius 3 is 2.70 bits per heavy atom. The molecule has 1 N–H and O–H groups in total. The van der Waals surface area contributed by atoms with E-state index in [4.69, 9.17) is 4.74 Å². The number of morpholine rings is 1. The van der Waals surface area contributed by atoms with Crippen LogP contribution in [0.2, 0.25) is 0 Å². The van der Waals surface area contributed by atoms with Gasteiger partial charge in [-0.1, -0.05) is 30.3 Å². The Morgan fingerprint density at radius 2 is 2.10 bits per heavy atom. The van der Waals surface area contributed by atoms with E-state index in [0.717, 1.165) is 25.3 Å². The summed E-state index contributed by atoms with van der Waals surface area (Å²) in [6, 6.07) is 9.92. The minimum Gasteiger partial charge on any atom is -0.374 e. The SMILES string of the molecule is CN(CC1CNCCO1)C(=O)C(C)(C)c1ccccc1. The molecule has 110 valence electrons. The molecular formula is C16H24N2O2. The van der Waals surface area contributed by atoms with Crippen LogP contribution in [0.4, 0.5) is 0 Å². The van der Waals surface area contributed by atoms with E-state index in [-0.39, 0.29) is 12.0 Å². The molecule has 1 heterocycles. The van der Waals surface area contributed by atoms with Gasteiger partial charge in [0.15, 0.2) is 0 Å². The summed E-state index contributed by atoms with van der Waals surface area (Å²) in [6.45, 7) is 6.99. The van der Waals surface area contributed by atoms with Gasteiger partial charge in [0.2, 0.25) is 5.91 Å². The number of amides is 1. The second-order valence-electron chi connectivity index (χ2n) is 5.87. The molecule has 0 radical (unpaired) electrons. The van der Waals surface area contributed by atoms with Crippen molar-refractivity contribution in [2.75, 3.05) is 33.3 Å². The van der Waals surface area contributed by atoms with E-state index in [9.17, 15) is 4.79 Å². The number of ether oxygens (including phenoxy) is 1. The van der Waals surface area contributed by atoms with Crippen LogP contribution in [-0.2, 0) is 14.9 Å². The minimum absolute atomic E-state index is 0.0873. The largest absolute Gasteiger partial charge is 0.374 e. The Morgan fingerprint density at radius 1 is 1.40 bits per heavy atom. The zero-order chi connectivity index (χ0) is 14.6. The number of hydrogen-bond donors (Lipinski definition) is 1. The molecule has 20 heavy (non-hydrogen) atoms. The van der Waals surface area contributed by atoms with Crippen LogP contribution in [0.5, 0.6) is 0 Å². The third kappa shape index (κ3) is 3.38. The molecule has 0 bridgehead atoms. The van der Waals surface area contributed by atoms with Crippen LogP contribution in [0.25, 0.3) is 0 Å². The third-order valence-corrected chi connectivity index (χ3v) is 3.86. The summed E-state index contributed by atoms with van der Waals surface area (Å²) < 4.78 is 5.66. The van der Waals surface area contributed by atoms with Crippen molar-refractivity contribution in [3.05, 3.63) is 35.9 Å². The zero-order valence-corrected chi connectivity index (χ0v) is 12.6. The summed E-state index contributed by atoms with van der Waals surface area (Å²) in [5.41, 5.74) is 0.525. The first-order valence-electron chi connectivity index (χ1n) is 7.15. The van der Waals surface area contributed by atoms with Gasteiger partial charge in [-0.25, -0.2) is 0 Å². The number of rotatable bonds is 4. The minimum atomic E-state index is -0.516. The number of hydrogen-bond acceptors (Lipinski definition) is 3. The Balaban J connectivity index is 2.01. The Kier molecular flexibility index (Phi) is 4.78. The van der Waals surface area contributed by atoms with E-state index in [2.05, 4.69) is 5.32 Å². The van der Waals surface area contributed by atoms with Gasteiger partial charge in [-0.15, -0.1) is 0 Å². The van der Waals surface area contributed by atoms with Crippen molar-refractivity contribution in [2.24, 2.45) is 0 Å². The van der Waals surface area contributed by atoms with Gasteiger partial charge in [0.1, 0.15) is 0 Å². The van der Waals surface area contributed by atoms with Crippen LogP contribution < -0.4 is 5.32 Å². The first-order valence-corrected chi connectivity index (χ1v) is 7.15. The standard InChI is InChI=1S/C16H24N2O2/c1-16(2,13-7-5-4-6-8-13)15(19)18(3)12-14-11-17-9-10-20-14/h4-8,14,17H,9-12H2,1-3H3. The van der Waals surface area contributed by atoms with Crippen molar-refractivity contribution in [1.82, 2.24) is 10.2 Å². The van der Waals surface area contributed by atoms with Crippen molar-refractivity contribution < 1.29 is 9.53 Å². The third-order valence-electron chi connectivity index (χ3n) is 3.86. The zero-order valence-electron chi connectivity index (χ0n) is 12.6. The summed E-state index contributed by atoms with van der Waals surface area (Å²) in [4.78, 5) is 14.5. The summed E-state index contributed by atoms with van der Waals surface area (Å²) in [7, 11) is 1.85. The molecule has 1 fully saturated rings. The van der Waals surface area contributed by atoms with Crippen LogP contribution >= 0.6 is 0 Å². The van der Waals surface area contributed by atoms with Crippen molar-refractivity contribution in [2.45, 2.75) is 25.4 Å². The lowest BCUT2D eigenvalue weighted by Crippen LogP contribution is -2.49. The molecule has 4 heteroatoms. The molecule has 1 atom stereocenters. The summed E-state index contributed by atoms with van der Waals surface area (Å²) in [5.74, 6) is 0.123.